The van der Waals surface area contributed by atoms with Crippen LogP contribution in [0.3, 0.4) is 0 Å². The van der Waals surface area contributed by atoms with Crippen LogP contribution < -0.4 is 14.8 Å². The van der Waals surface area contributed by atoms with E-state index in [1.807, 2.05) is 24.3 Å². The van der Waals surface area contributed by atoms with Crippen LogP contribution in [-0.2, 0) is 14.8 Å². The Bertz CT molecular complexity index is 1100. The molecule has 0 saturated carbocycles. The summed E-state index contributed by atoms with van der Waals surface area (Å²) in [5.41, 5.74) is 0.704. The zero-order chi connectivity index (χ0) is 21.4. The summed E-state index contributed by atoms with van der Waals surface area (Å²) in [6, 6.07) is 22.2. The van der Waals surface area contributed by atoms with Crippen LogP contribution in [0.15, 0.2) is 88.2 Å². The Kier molecular flexibility index (Phi) is 7.48. The second-order valence-corrected chi connectivity index (χ2v) is 9.02. The molecular formula is C22H21BrN2O4S. The molecule has 2 N–H and O–H groups in total. The van der Waals surface area contributed by atoms with Gasteiger partial charge < -0.3 is 10.1 Å². The number of benzene rings is 3. The first-order chi connectivity index (χ1) is 14.4. The van der Waals surface area contributed by atoms with E-state index < -0.39 is 10.0 Å². The molecule has 0 aromatic heterocycles. The van der Waals surface area contributed by atoms with Crippen molar-refractivity contribution in [2.75, 3.05) is 16.6 Å². The normalized spacial score (nSPS) is 11.0. The molecular weight excluding hydrogens is 468 g/mol. The van der Waals surface area contributed by atoms with Crippen LogP contribution in [0.4, 0.5) is 11.4 Å². The Labute approximate surface area is 184 Å². The van der Waals surface area contributed by atoms with Crippen LogP contribution in [0, 0.1) is 0 Å². The maximum absolute atomic E-state index is 12.6. The highest BCUT2D eigenvalue weighted by Crippen LogP contribution is 2.25. The lowest BCUT2D eigenvalue weighted by Crippen LogP contribution is -2.17. The number of rotatable bonds is 9. The topological polar surface area (TPSA) is 84.5 Å². The molecule has 0 aliphatic heterocycles. The number of ether oxygens (including phenoxy) is 1. The number of carbonyl (C=O) groups excluding carboxylic acids is 1. The van der Waals surface area contributed by atoms with Crippen molar-refractivity contribution in [3.8, 4) is 5.75 Å². The van der Waals surface area contributed by atoms with Crippen molar-refractivity contribution in [3.05, 3.63) is 83.3 Å². The maximum atomic E-state index is 12.6. The highest BCUT2D eigenvalue weighted by molar-refractivity contribution is 9.10. The SMILES string of the molecule is O=C(CCCOc1cccc(Br)c1)Nc1ccccc1NS(=O)(=O)c1ccccc1. The summed E-state index contributed by atoms with van der Waals surface area (Å²) in [5, 5.41) is 2.76. The van der Waals surface area contributed by atoms with Gasteiger partial charge in [0.25, 0.3) is 10.0 Å². The first-order valence-electron chi connectivity index (χ1n) is 9.29. The van der Waals surface area contributed by atoms with Gasteiger partial charge in [-0.3, -0.25) is 9.52 Å². The number of anilines is 2. The molecule has 3 aromatic carbocycles. The predicted molar refractivity (Wildman–Crippen MR) is 121 cm³/mol. The molecule has 30 heavy (non-hydrogen) atoms. The summed E-state index contributed by atoms with van der Waals surface area (Å²) in [4.78, 5) is 12.5. The third-order valence-corrected chi connectivity index (χ3v) is 5.99. The highest BCUT2D eigenvalue weighted by atomic mass is 79.9. The van der Waals surface area contributed by atoms with E-state index in [9.17, 15) is 13.2 Å². The summed E-state index contributed by atoms with van der Waals surface area (Å²) < 4.78 is 34.2. The van der Waals surface area contributed by atoms with Crippen molar-refractivity contribution in [1.82, 2.24) is 0 Å². The van der Waals surface area contributed by atoms with Crippen LogP contribution in [0.1, 0.15) is 12.8 Å². The summed E-state index contributed by atoms with van der Waals surface area (Å²) in [6.07, 6.45) is 0.768. The maximum Gasteiger partial charge on any atom is 0.261 e. The number of sulfonamides is 1. The molecule has 0 spiro atoms. The summed E-state index contributed by atoms with van der Waals surface area (Å²) in [6.45, 7) is 0.395. The van der Waals surface area contributed by atoms with E-state index >= 15 is 0 Å². The predicted octanol–water partition coefficient (Wildman–Crippen LogP) is 5.05. The summed E-state index contributed by atoms with van der Waals surface area (Å²) >= 11 is 3.38. The van der Waals surface area contributed by atoms with E-state index in [2.05, 4.69) is 26.0 Å². The van der Waals surface area contributed by atoms with E-state index in [0.717, 1.165) is 10.2 Å². The van der Waals surface area contributed by atoms with Crippen LogP contribution >= 0.6 is 15.9 Å². The standard InChI is InChI=1S/C22H21BrN2O4S/c23-17-8-6-9-18(16-17)29-15-7-14-22(26)24-20-12-4-5-13-21(20)25-30(27,28)19-10-2-1-3-11-19/h1-6,8-13,16,25H,7,14-15H2,(H,24,26). The molecule has 0 aliphatic rings. The van der Waals surface area contributed by atoms with Crippen molar-refractivity contribution >= 4 is 43.2 Å². The van der Waals surface area contributed by atoms with E-state index in [0.29, 0.717) is 24.4 Å². The fourth-order valence-electron chi connectivity index (χ4n) is 2.68. The molecule has 6 nitrogen and oxygen atoms in total. The Morgan fingerprint density at radius 1 is 0.900 bits per heavy atom. The van der Waals surface area contributed by atoms with Crippen LogP contribution in [0.25, 0.3) is 0 Å². The zero-order valence-electron chi connectivity index (χ0n) is 16.0. The van der Waals surface area contributed by atoms with Gasteiger partial charge in [0.2, 0.25) is 5.91 Å². The Morgan fingerprint density at radius 2 is 1.60 bits per heavy atom. The number of para-hydroxylation sites is 2. The van der Waals surface area contributed by atoms with Gasteiger partial charge in [-0.05, 0) is 48.9 Å². The van der Waals surface area contributed by atoms with Crippen molar-refractivity contribution in [2.24, 2.45) is 0 Å². The highest BCUT2D eigenvalue weighted by Gasteiger charge is 2.16. The van der Waals surface area contributed by atoms with Crippen molar-refractivity contribution in [1.29, 1.82) is 0 Å². The molecule has 0 fully saturated rings. The molecule has 156 valence electrons. The number of hydrogen-bond acceptors (Lipinski definition) is 4. The van der Waals surface area contributed by atoms with Gasteiger partial charge in [-0.15, -0.1) is 0 Å². The minimum atomic E-state index is -3.75. The van der Waals surface area contributed by atoms with E-state index in [1.54, 1.807) is 42.5 Å². The third-order valence-electron chi connectivity index (χ3n) is 4.11. The van der Waals surface area contributed by atoms with Gasteiger partial charge in [-0.2, -0.15) is 0 Å². The van der Waals surface area contributed by atoms with Crippen molar-refractivity contribution in [3.63, 3.8) is 0 Å². The van der Waals surface area contributed by atoms with Crippen molar-refractivity contribution < 1.29 is 17.9 Å². The Balaban J connectivity index is 1.56. The smallest absolute Gasteiger partial charge is 0.261 e. The Hall–Kier alpha value is -2.84. The lowest BCUT2D eigenvalue weighted by molar-refractivity contribution is -0.116. The third kappa shape index (κ3) is 6.33. The molecule has 3 rings (SSSR count). The van der Waals surface area contributed by atoms with Gasteiger partial charge in [0, 0.05) is 10.9 Å². The quantitative estimate of drug-likeness (QED) is 0.412. The summed E-state index contributed by atoms with van der Waals surface area (Å²) in [5.74, 6) is 0.504. The van der Waals surface area contributed by atoms with Gasteiger partial charge in [-0.1, -0.05) is 52.3 Å². The van der Waals surface area contributed by atoms with Gasteiger partial charge in [0.15, 0.2) is 0 Å². The first-order valence-corrected chi connectivity index (χ1v) is 11.6. The molecule has 1 amide bonds. The summed E-state index contributed by atoms with van der Waals surface area (Å²) in [7, 11) is -3.75. The number of amides is 1. The second-order valence-electron chi connectivity index (χ2n) is 6.42. The number of carbonyl (C=O) groups is 1. The molecule has 0 heterocycles. The van der Waals surface area contributed by atoms with Gasteiger partial charge >= 0.3 is 0 Å². The lowest BCUT2D eigenvalue weighted by Gasteiger charge is -2.13. The lowest BCUT2D eigenvalue weighted by atomic mass is 10.2. The molecule has 0 radical (unpaired) electrons. The fourth-order valence-corrected chi connectivity index (χ4v) is 4.16. The first kappa shape index (κ1) is 21.9. The average Bonchev–Trinajstić information content (AvgIpc) is 2.73. The largest absolute Gasteiger partial charge is 0.494 e. The second kappa shape index (κ2) is 10.3. The van der Waals surface area contributed by atoms with E-state index in [-0.39, 0.29) is 17.2 Å². The van der Waals surface area contributed by atoms with E-state index in [1.165, 1.54) is 12.1 Å². The van der Waals surface area contributed by atoms with Gasteiger partial charge in [-0.25, -0.2) is 8.42 Å². The van der Waals surface area contributed by atoms with E-state index in [4.69, 9.17) is 4.74 Å². The Morgan fingerprint density at radius 3 is 2.33 bits per heavy atom. The molecule has 8 heteroatoms. The minimum absolute atomic E-state index is 0.149. The molecule has 0 unspecified atom stereocenters. The van der Waals surface area contributed by atoms with Crippen LogP contribution in [0.2, 0.25) is 0 Å². The number of nitrogens with one attached hydrogen (secondary N) is 2. The van der Waals surface area contributed by atoms with Gasteiger partial charge in [0.05, 0.1) is 22.9 Å². The average molecular weight is 489 g/mol. The molecule has 3 aromatic rings. The minimum Gasteiger partial charge on any atom is -0.494 e. The molecule has 0 atom stereocenters. The van der Waals surface area contributed by atoms with Crippen molar-refractivity contribution in [2.45, 2.75) is 17.7 Å². The van der Waals surface area contributed by atoms with Crippen LogP contribution in [0.5, 0.6) is 5.75 Å². The van der Waals surface area contributed by atoms with Crippen LogP contribution in [-0.4, -0.2) is 20.9 Å². The molecule has 0 saturated heterocycles. The molecule has 0 aliphatic carbocycles. The fraction of sp³-hybridized carbons (Fsp3) is 0.136. The van der Waals surface area contributed by atoms with Gasteiger partial charge in [0.1, 0.15) is 5.75 Å². The number of halogens is 1. The monoisotopic (exact) mass is 488 g/mol. The number of hydrogen-bond donors (Lipinski definition) is 2. The molecule has 0 bridgehead atoms. The zero-order valence-corrected chi connectivity index (χ0v) is 18.4.